The molecule has 5 rings (SSSR count). The number of esters is 1. The minimum absolute atomic E-state index is 0.0898. The third kappa shape index (κ3) is 4.89. The van der Waals surface area contributed by atoms with E-state index in [2.05, 4.69) is 37.3 Å². The highest BCUT2D eigenvalue weighted by Crippen LogP contribution is 2.33. The lowest BCUT2D eigenvalue weighted by atomic mass is 9.92. The first-order valence-electron chi connectivity index (χ1n) is 11.8. The fraction of sp³-hybridized carbons (Fsp3) is 0.440. The van der Waals surface area contributed by atoms with Gasteiger partial charge in [-0.25, -0.2) is 14.8 Å². The van der Waals surface area contributed by atoms with Crippen LogP contribution >= 0.6 is 0 Å². The summed E-state index contributed by atoms with van der Waals surface area (Å²) in [4.78, 5) is 27.8. The van der Waals surface area contributed by atoms with Crippen LogP contribution in [0, 0.1) is 0 Å². The average molecular weight is 464 g/mol. The van der Waals surface area contributed by atoms with E-state index < -0.39 is 0 Å². The zero-order valence-electron chi connectivity index (χ0n) is 19.3. The van der Waals surface area contributed by atoms with Gasteiger partial charge in [0.25, 0.3) is 0 Å². The molecule has 2 aromatic heterocycles. The molecule has 1 aliphatic carbocycles. The van der Waals surface area contributed by atoms with Crippen LogP contribution in [-0.2, 0) is 9.47 Å². The lowest BCUT2D eigenvalue weighted by molar-refractivity contribution is 0.0601. The molecule has 0 spiro atoms. The SMILES string of the molecule is COC(=O)c1cccnc1N[C@H]1CC[C@@H](Oc2cc(N3CCOCC3)cc3nccnc23)CC1. The second kappa shape index (κ2) is 10.2. The Labute approximate surface area is 198 Å². The number of hydrogen-bond acceptors (Lipinski definition) is 9. The third-order valence-corrected chi connectivity index (χ3v) is 6.42. The van der Waals surface area contributed by atoms with Crippen LogP contribution in [0.25, 0.3) is 11.0 Å². The average Bonchev–Trinajstić information content (AvgIpc) is 2.90. The molecule has 2 aliphatic rings. The molecule has 0 bridgehead atoms. The van der Waals surface area contributed by atoms with Crippen molar-refractivity contribution in [3.63, 3.8) is 0 Å². The van der Waals surface area contributed by atoms with Gasteiger partial charge in [0.1, 0.15) is 22.6 Å². The predicted molar refractivity (Wildman–Crippen MR) is 128 cm³/mol. The fourth-order valence-electron chi connectivity index (χ4n) is 4.62. The Morgan fingerprint density at radius 1 is 1.06 bits per heavy atom. The molecule has 3 heterocycles. The predicted octanol–water partition coefficient (Wildman–Crippen LogP) is 3.45. The van der Waals surface area contributed by atoms with Gasteiger partial charge < -0.3 is 24.4 Å². The molecule has 9 heteroatoms. The number of rotatable bonds is 6. The minimum Gasteiger partial charge on any atom is -0.488 e. The number of benzene rings is 1. The Kier molecular flexibility index (Phi) is 6.71. The number of fused-ring (bicyclic) bond motifs is 1. The number of anilines is 2. The minimum atomic E-state index is -0.388. The van der Waals surface area contributed by atoms with Gasteiger partial charge in [-0.15, -0.1) is 0 Å². The maximum absolute atomic E-state index is 12.0. The molecule has 0 amide bonds. The Morgan fingerprint density at radius 2 is 1.85 bits per heavy atom. The molecule has 0 unspecified atom stereocenters. The van der Waals surface area contributed by atoms with Crippen molar-refractivity contribution < 1.29 is 19.0 Å². The van der Waals surface area contributed by atoms with Crippen LogP contribution in [0.15, 0.2) is 42.9 Å². The number of hydrogen-bond donors (Lipinski definition) is 1. The molecule has 178 valence electrons. The van der Waals surface area contributed by atoms with Crippen LogP contribution < -0.4 is 15.0 Å². The second-order valence-corrected chi connectivity index (χ2v) is 8.59. The Bertz CT molecular complexity index is 1140. The Hall–Kier alpha value is -3.46. The highest BCUT2D eigenvalue weighted by Gasteiger charge is 2.25. The van der Waals surface area contributed by atoms with Crippen molar-refractivity contribution in [2.75, 3.05) is 43.6 Å². The number of carbonyl (C=O) groups is 1. The van der Waals surface area contributed by atoms with Crippen molar-refractivity contribution in [3.8, 4) is 5.75 Å². The number of pyridine rings is 1. The molecule has 2 fully saturated rings. The van der Waals surface area contributed by atoms with E-state index in [1.807, 2.05) is 0 Å². The van der Waals surface area contributed by atoms with E-state index >= 15 is 0 Å². The highest BCUT2D eigenvalue weighted by atomic mass is 16.5. The largest absolute Gasteiger partial charge is 0.488 e. The molecular formula is C25H29N5O4. The summed E-state index contributed by atoms with van der Waals surface area (Å²) in [6.07, 6.45) is 8.79. The molecule has 0 atom stereocenters. The van der Waals surface area contributed by atoms with Crippen molar-refractivity contribution in [2.45, 2.75) is 37.8 Å². The summed E-state index contributed by atoms with van der Waals surface area (Å²) in [5, 5.41) is 3.42. The molecule has 1 N–H and O–H groups in total. The van der Waals surface area contributed by atoms with E-state index in [1.165, 1.54) is 7.11 Å². The molecular weight excluding hydrogens is 434 g/mol. The second-order valence-electron chi connectivity index (χ2n) is 8.59. The number of nitrogens with one attached hydrogen (secondary N) is 1. The molecule has 1 aromatic carbocycles. The molecule has 34 heavy (non-hydrogen) atoms. The van der Waals surface area contributed by atoms with Gasteiger partial charge in [0.2, 0.25) is 0 Å². The van der Waals surface area contributed by atoms with Crippen LogP contribution in [0.2, 0.25) is 0 Å². The number of ether oxygens (including phenoxy) is 3. The number of nitrogens with zero attached hydrogens (tertiary/aromatic N) is 4. The van der Waals surface area contributed by atoms with Crippen molar-refractivity contribution >= 4 is 28.5 Å². The molecule has 1 saturated carbocycles. The van der Waals surface area contributed by atoms with Crippen LogP contribution in [0.1, 0.15) is 36.0 Å². The number of morpholine rings is 1. The van der Waals surface area contributed by atoms with Gasteiger partial charge >= 0.3 is 5.97 Å². The van der Waals surface area contributed by atoms with Crippen molar-refractivity contribution in [1.82, 2.24) is 15.0 Å². The van der Waals surface area contributed by atoms with Crippen LogP contribution in [0.5, 0.6) is 5.75 Å². The van der Waals surface area contributed by atoms with Gasteiger partial charge in [0.15, 0.2) is 0 Å². The van der Waals surface area contributed by atoms with Gasteiger partial charge in [0.05, 0.1) is 31.9 Å². The van der Waals surface area contributed by atoms with E-state index in [4.69, 9.17) is 14.2 Å². The Balaban J connectivity index is 1.27. The summed E-state index contributed by atoms with van der Waals surface area (Å²) in [6.45, 7) is 3.14. The van der Waals surface area contributed by atoms with Crippen molar-refractivity contribution in [3.05, 3.63) is 48.4 Å². The van der Waals surface area contributed by atoms with E-state index in [0.29, 0.717) is 11.4 Å². The summed E-state index contributed by atoms with van der Waals surface area (Å²) >= 11 is 0. The van der Waals surface area contributed by atoms with E-state index in [0.717, 1.165) is 74.5 Å². The number of aromatic nitrogens is 3. The number of methoxy groups -OCH3 is 1. The fourth-order valence-corrected chi connectivity index (χ4v) is 4.62. The molecule has 0 radical (unpaired) electrons. The molecule has 1 aliphatic heterocycles. The zero-order chi connectivity index (χ0) is 23.3. The Morgan fingerprint density at radius 3 is 2.65 bits per heavy atom. The normalized spacial score (nSPS) is 20.7. The lowest BCUT2D eigenvalue weighted by Crippen LogP contribution is -2.36. The highest BCUT2D eigenvalue weighted by molar-refractivity contribution is 5.94. The summed E-state index contributed by atoms with van der Waals surface area (Å²) in [7, 11) is 1.38. The van der Waals surface area contributed by atoms with E-state index in [1.54, 1.807) is 30.7 Å². The van der Waals surface area contributed by atoms with E-state index in [-0.39, 0.29) is 18.1 Å². The van der Waals surface area contributed by atoms with Crippen LogP contribution in [0.4, 0.5) is 11.5 Å². The molecule has 3 aromatic rings. The lowest BCUT2D eigenvalue weighted by Gasteiger charge is -2.31. The van der Waals surface area contributed by atoms with Crippen molar-refractivity contribution in [2.24, 2.45) is 0 Å². The summed E-state index contributed by atoms with van der Waals surface area (Å²) in [6, 6.07) is 7.84. The summed E-state index contributed by atoms with van der Waals surface area (Å²) in [5.41, 5.74) is 3.17. The first-order chi connectivity index (χ1) is 16.7. The standard InChI is InChI=1S/C25H29N5O4/c1-32-25(31)20-3-2-8-28-24(20)29-17-4-6-19(7-5-17)34-22-16-18(30-11-13-33-14-12-30)15-21-23(22)27-10-9-26-21/h2-3,8-10,15-17,19H,4-7,11-14H2,1H3,(H,28,29)/t17-,19+. The van der Waals surface area contributed by atoms with E-state index in [9.17, 15) is 4.79 Å². The van der Waals surface area contributed by atoms with Gasteiger partial charge in [-0.3, -0.25) is 4.98 Å². The molecule has 1 saturated heterocycles. The van der Waals surface area contributed by atoms with Gasteiger partial charge in [0, 0.05) is 49.5 Å². The maximum Gasteiger partial charge on any atom is 0.341 e. The van der Waals surface area contributed by atoms with Crippen LogP contribution in [-0.4, -0.2) is 66.5 Å². The quantitative estimate of drug-likeness (QED) is 0.551. The smallest absolute Gasteiger partial charge is 0.341 e. The monoisotopic (exact) mass is 463 g/mol. The molecule has 9 nitrogen and oxygen atoms in total. The van der Waals surface area contributed by atoms with Gasteiger partial charge in [-0.2, -0.15) is 0 Å². The summed E-state index contributed by atoms with van der Waals surface area (Å²) in [5.74, 6) is 0.958. The van der Waals surface area contributed by atoms with Gasteiger partial charge in [-0.1, -0.05) is 0 Å². The van der Waals surface area contributed by atoms with Gasteiger partial charge in [-0.05, 0) is 43.9 Å². The van der Waals surface area contributed by atoms with Crippen LogP contribution in [0.3, 0.4) is 0 Å². The first kappa shape index (κ1) is 22.3. The zero-order valence-corrected chi connectivity index (χ0v) is 19.3. The third-order valence-electron chi connectivity index (χ3n) is 6.42. The first-order valence-corrected chi connectivity index (χ1v) is 11.8. The maximum atomic E-state index is 12.0. The van der Waals surface area contributed by atoms with Crippen molar-refractivity contribution in [1.29, 1.82) is 0 Å². The summed E-state index contributed by atoms with van der Waals surface area (Å²) < 4.78 is 16.9. The number of carbonyl (C=O) groups excluding carboxylic acids is 1. The topological polar surface area (TPSA) is 98.7 Å².